The normalized spacial score (nSPS) is 28.5. The van der Waals surface area contributed by atoms with Crippen LogP contribution in [0.5, 0.6) is 0 Å². The van der Waals surface area contributed by atoms with Crippen molar-refractivity contribution in [1.82, 2.24) is 20.4 Å². The zero-order valence-corrected chi connectivity index (χ0v) is 17.0. The van der Waals surface area contributed by atoms with Crippen LogP contribution in [-0.4, -0.2) is 47.9 Å². The molecule has 1 amide bonds. The van der Waals surface area contributed by atoms with E-state index in [0.29, 0.717) is 6.54 Å². The van der Waals surface area contributed by atoms with Crippen molar-refractivity contribution in [3.05, 3.63) is 18.0 Å². The zero-order valence-electron chi connectivity index (χ0n) is 16.1. The number of nitrogens with zero attached hydrogens (tertiary/aromatic N) is 2. The minimum Gasteiger partial charge on any atom is -0.469 e. The Morgan fingerprint density at radius 1 is 1.19 bits per heavy atom. The van der Waals surface area contributed by atoms with Crippen molar-refractivity contribution < 1.29 is 14.3 Å². The summed E-state index contributed by atoms with van der Waals surface area (Å²) in [6.45, 7) is 1.43. The summed E-state index contributed by atoms with van der Waals surface area (Å²) < 4.78 is 6.77. The Labute approximate surface area is 167 Å². The molecule has 0 aromatic carbocycles. The molecule has 27 heavy (non-hydrogen) atoms. The number of amides is 1. The van der Waals surface area contributed by atoms with E-state index in [1.807, 2.05) is 19.4 Å². The summed E-state index contributed by atoms with van der Waals surface area (Å²) in [6, 6.07) is -0.134. The van der Waals surface area contributed by atoms with Gasteiger partial charge in [-0.1, -0.05) is 25.7 Å². The van der Waals surface area contributed by atoms with Crippen LogP contribution in [0.2, 0.25) is 0 Å². The van der Waals surface area contributed by atoms with Crippen molar-refractivity contribution in [3.63, 3.8) is 0 Å². The lowest BCUT2D eigenvalue weighted by molar-refractivity contribution is -0.147. The van der Waals surface area contributed by atoms with Crippen LogP contribution in [0.15, 0.2) is 12.4 Å². The molecular formula is C19H31ClN4O3. The smallest absolute Gasteiger partial charge is 0.310 e. The van der Waals surface area contributed by atoms with Crippen LogP contribution in [-0.2, 0) is 21.4 Å². The average Bonchev–Trinajstić information content (AvgIpc) is 3.25. The summed E-state index contributed by atoms with van der Waals surface area (Å²) in [5.41, 5.74) is 1.08. The van der Waals surface area contributed by atoms with Gasteiger partial charge in [-0.2, -0.15) is 5.10 Å². The van der Waals surface area contributed by atoms with Gasteiger partial charge in [0.25, 0.3) is 0 Å². The summed E-state index contributed by atoms with van der Waals surface area (Å²) in [7, 11) is 3.32. The second-order valence-corrected chi connectivity index (χ2v) is 7.55. The van der Waals surface area contributed by atoms with Gasteiger partial charge in [0.15, 0.2) is 0 Å². The Bertz CT molecular complexity index is 636. The lowest BCUT2D eigenvalue weighted by Crippen LogP contribution is -2.47. The van der Waals surface area contributed by atoms with Gasteiger partial charge in [0, 0.05) is 38.3 Å². The van der Waals surface area contributed by atoms with Crippen LogP contribution < -0.4 is 10.6 Å². The first kappa shape index (κ1) is 21.7. The van der Waals surface area contributed by atoms with Crippen molar-refractivity contribution in [2.45, 2.75) is 50.5 Å². The maximum absolute atomic E-state index is 13.0. The van der Waals surface area contributed by atoms with E-state index in [9.17, 15) is 9.59 Å². The second kappa shape index (κ2) is 10.1. The summed E-state index contributed by atoms with van der Waals surface area (Å²) >= 11 is 0. The van der Waals surface area contributed by atoms with E-state index in [2.05, 4.69) is 15.7 Å². The van der Waals surface area contributed by atoms with Gasteiger partial charge in [0.2, 0.25) is 5.91 Å². The molecule has 0 spiro atoms. The molecule has 1 aromatic heterocycles. The number of methoxy groups -OCH3 is 1. The van der Waals surface area contributed by atoms with E-state index >= 15 is 0 Å². The number of aryl methyl sites for hydroxylation is 1. The van der Waals surface area contributed by atoms with Gasteiger partial charge >= 0.3 is 5.97 Å². The van der Waals surface area contributed by atoms with Gasteiger partial charge in [-0.15, -0.1) is 12.4 Å². The van der Waals surface area contributed by atoms with Crippen LogP contribution in [0.4, 0.5) is 0 Å². The Balaban J connectivity index is 0.00000261. The highest BCUT2D eigenvalue weighted by atomic mass is 35.5. The van der Waals surface area contributed by atoms with E-state index in [1.54, 1.807) is 4.68 Å². The maximum Gasteiger partial charge on any atom is 0.310 e. The lowest BCUT2D eigenvalue weighted by atomic mass is 9.85. The van der Waals surface area contributed by atoms with E-state index in [-0.39, 0.29) is 48.1 Å². The highest BCUT2D eigenvalue weighted by Crippen LogP contribution is 2.29. The Kier molecular flexibility index (Phi) is 8.10. The van der Waals surface area contributed by atoms with Gasteiger partial charge < -0.3 is 15.4 Å². The third kappa shape index (κ3) is 5.23. The van der Waals surface area contributed by atoms with Gasteiger partial charge in [0.05, 0.1) is 25.1 Å². The minimum absolute atomic E-state index is 0. The summed E-state index contributed by atoms with van der Waals surface area (Å²) in [5, 5.41) is 10.8. The molecule has 4 atom stereocenters. The largest absolute Gasteiger partial charge is 0.469 e. The number of hydrogen-bond acceptors (Lipinski definition) is 5. The molecular weight excluding hydrogens is 368 g/mol. The molecule has 1 saturated carbocycles. The number of ether oxygens (including phenoxy) is 1. The molecule has 152 valence electrons. The number of aromatic nitrogens is 2. The first-order chi connectivity index (χ1) is 12.6. The summed E-state index contributed by atoms with van der Waals surface area (Å²) in [6.07, 6.45) is 9.78. The maximum atomic E-state index is 13.0. The fraction of sp³-hybridized carbons (Fsp3) is 0.737. The van der Waals surface area contributed by atoms with E-state index in [4.69, 9.17) is 4.74 Å². The highest BCUT2D eigenvalue weighted by molar-refractivity contribution is 5.85. The standard InChI is InChI=1S/C19H30N4O3.ClH/c1-23-12-13(9-21-23)15-10-20-11-16(15)18(24)22-17-8-6-4-3-5-7-14(17)19(25)26-2;/h9,12,14-17,20H,3-8,10-11H2,1-2H3,(H,22,24);1H/t14?,15-,16+,17?;/m1./s1. The van der Waals surface area contributed by atoms with Crippen molar-refractivity contribution in [3.8, 4) is 0 Å². The first-order valence-electron chi connectivity index (χ1n) is 9.67. The average molecular weight is 399 g/mol. The van der Waals surface area contributed by atoms with Gasteiger partial charge in [-0.05, 0) is 18.4 Å². The number of carbonyl (C=O) groups excluding carboxylic acids is 2. The van der Waals surface area contributed by atoms with Gasteiger partial charge in [-0.3, -0.25) is 14.3 Å². The number of esters is 1. The molecule has 1 saturated heterocycles. The topological polar surface area (TPSA) is 85.2 Å². The number of carbonyl (C=O) groups is 2. The molecule has 1 aromatic rings. The van der Waals surface area contributed by atoms with Crippen LogP contribution in [0, 0.1) is 11.8 Å². The molecule has 2 fully saturated rings. The molecule has 2 N–H and O–H groups in total. The predicted molar refractivity (Wildman–Crippen MR) is 105 cm³/mol. The van der Waals surface area contributed by atoms with E-state index in [0.717, 1.165) is 50.6 Å². The van der Waals surface area contributed by atoms with Crippen LogP contribution >= 0.6 is 12.4 Å². The number of hydrogen-bond donors (Lipinski definition) is 2. The lowest BCUT2D eigenvalue weighted by Gasteiger charge is -2.30. The number of nitrogens with one attached hydrogen (secondary N) is 2. The highest BCUT2D eigenvalue weighted by Gasteiger charge is 2.38. The quantitative estimate of drug-likeness (QED) is 0.755. The third-order valence-corrected chi connectivity index (χ3v) is 5.80. The molecule has 7 nitrogen and oxygen atoms in total. The Morgan fingerprint density at radius 3 is 2.59 bits per heavy atom. The second-order valence-electron chi connectivity index (χ2n) is 7.55. The van der Waals surface area contributed by atoms with Crippen molar-refractivity contribution >= 4 is 24.3 Å². The van der Waals surface area contributed by atoms with Crippen LogP contribution in [0.3, 0.4) is 0 Å². The van der Waals surface area contributed by atoms with Crippen molar-refractivity contribution in [1.29, 1.82) is 0 Å². The Morgan fingerprint density at radius 2 is 1.93 bits per heavy atom. The van der Waals surface area contributed by atoms with Crippen molar-refractivity contribution in [2.75, 3.05) is 20.2 Å². The van der Waals surface area contributed by atoms with Crippen molar-refractivity contribution in [2.24, 2.45) is 18.9 Å². The molecule has 3 rings (SSSR count). The fourth-order valence-electron chi connectivity index (χ4n) is 4.32. The predicted octanol–water partition coefficient (Wildman–Crippen LogP) is 1.77. The SMILES string of the molecule is COC(=O)C1CCCCCCC1NC(=O)[C@H]1CNC[C@@H]1c1cnn(C)c1.Cl. The Hall–Kier alpha value is -1.60. The minimum atomic E-state index is -0.240. The van der Waals surface area contributed by atoms with Crippen LogP contribution in [0.1, 0.15) is 50.0 Å². The molecule has 2 heterocycles. The zero-order chi connectivity index (χ0) is 18.5. The van der Waals surface area contributed by atoms with Gasteiger partial charge in [-0.25, -0.2) is 0 Å². The number of halogens is 1. The molecule has 1 aliphatic heterocycles. The first-order valence-corrected chi connectivity index (χ1v) is 9.67. The van der Waals surface area contributed by atoms with Gasteiger partial charge in [0.1, 0.15) is 0 Å². The number of rotatable bonds is 4. The third-order valence-electron chi connectivity index (χ3n) is 5.80. The molecule has 0 bridgehead atoms. The molecule has 2 unspecified atom stereocenters. The summed E-state index contributed by atoms with van der Waals surface area (Å²) in [5.74, 6) is -0.430. The van der Waals surface area contributed by atoms with E-state index in [1.165, 1.54) is 7.11 Å². The monoisotopic (exact) mass is 398 g/mol. The fourth-order valence-corrected chi connectivity index (χ4v) is 4.32. The van der Waals surface area contributed by atoms with E-state index < -0.39 is 0 Å². The summed E-state index contributed by atoms with van der Waals surface area (Å²) in [4.78, 5) is 25.3. The molecule has 2 aliphatic rings. The molecule has 8 heteroatoms. The van der Waals surface area contributed by atoms with Crippen LogP contribution in [0.25, 0.3) is 0 Å². The molecule has 1 aliphatic carbocycles. The molecule has 0 radical (unpaired) electrons.